The smallest absolute Gasteiger partial charge is 0.140 e. The SMILES string of the molecule is Bc1c(C)c(O)c(C)c(O)c1-c1c2ccccc2c(-c2ccc(-c3ccccc3)c3ccccc23)c2ccccc12. The first-order valence-electron chi connectivity index (χ1n) is 14.0. The Morgan fingerprint density at radius 2 is 0.854 bits per heavy atom. The molecule has 0 aliphatic heterocycles. The van der Waals surface area contributed by atoms with Gasteiger partial charge in [0.2, 0.25) is 0 Å². The zero-order valence-electron chi connectivity index (χ0n) is 23.4. The van der Waals surface area contributed by atoms with Gasteiger partial charge in [-0.3, -0.25) is 0 Å². The van der Waals surface area contributed by atoms with Crippen molar-refractivity contribution in [1.82, 2.24) is 0 Å². The van der Waals surface area contributed by atoms with Gasteiger partial charge in [-0.05, 0) is 74.0 Å². The van der Waals surface area contributed by atoms with Gasteiger partial charge in [-0.25, -0.2) is 0 Å². The third-order valence-electron chi connectivity index (χ3n) is 8.70. The summed E-state index contributed by atoms with van der Waals surface area (Å²) in [5.74, 6) is 0.283. The molecule has 0 aliphatic rings. The number of phenols is 2. The summed E-state index contributed by atoms with van der Waals surface area (Å²) >= 11 is 0. The van der Waals surface area contributed by atoms with E-state index in [1.54, 1.807) is 6.92 Å². The van der Waals surface area contributed by atoms with E-state index in [0.717, 1.165) is 43.7 Å². The van der Waals surface area contributed by atoms with Gasteiger partial charge in [0.1, 0.15) is 19.3 Å². The van der Waals surface area contributed by atoms with E-state index in [9.17, 15) is 10.2 Å². The number of benzene rings is 7. The highest BCUT2D eigenvalue weighted by molar-refractivity contribution is 6.40. The second-order valence-electron chi connectivity index (χ2n) is 10.9. The summed E-state index contributed by atoms with van der Waals surface area (Å²) in [6.45, 7) is 3.69. The van der Waals surface area contributed by atoms with Crippen molar-refractivity contribution in [2.24, 2.45) is 0 Å². The number of rotatable bonds is 3. The first-order valence-corrected chi connectivity index (χ1v) is 14.0. The topological polar surface area (TPSA) is 40.5 Å². The zero-order valence-corrected chi connectivity index (χ0v) is 23.4. The lowest BCUT2D eigenvalue weighted by Gasteiger charge is -2.22. The molecule has 0 unspecified atom stereocenters. The van der Waals surface area contributed by atoms with Gasteiger partial charge < -0.3 is 10.2 Å². The van der Waals surface area contributed by atoms with Crippen molar-refractivity contribution in [3.63, 3.8) is 0 Å². The molecule has 2 N–H and O–H groups in total. The van der Waals surface area contributed by atoms with Crippen LogP contribution in [0.1, 0.15) is 11.1 Å². The maximum Gasteiger partial charge on any atom is 0.140 e. The maximum absolute atomic E-state index is 11.5. The van der Waals surface area contributed by atoms with E-state index in [2.05, 4.69) is 115 Å². The average molecular weight is 528 g/mol. The van der Waals surface area contributed by atoms with E-state index >= 15 is 0 Å². The summed E-state index contributed by atoms with van der Waals surface area (Å²) in [4.78, 5) is 0. The van der Waals surface area contributed by atoms with Crippen LogP contribution in [0.4, 0.5) is 0 Å². The van der Waals surface area contributed by atoms with Crippen LogP contribution in [-0.2, 0) is 0 Å². The summed E-state index contributed by atoms with van der Waals surface area (Å²) in [5, 5.41) is 29.0. The van der Waals surface area contributed by atoms with Crippen LogP contribution < -0.4 is 5.46 Å². The lowest BCUT2D eigenvalue weighted by Crippen LogP contribution is -2.13. The van der Waals surface area contributed by atoms with Crippen LogP contribution in [-0.4, -0.2) is 18.1 Å². The molecule has 7 aromatic carbocycles. The minimum atomic E-state index is 0.131. The number of phenolic OH excluding ortho intramolecular Hbond substituents is 2. The molecule has 3 heteroatoms. The van der Waals surface area contributed by atoms with Crippen LogP contribution in [0.2, 0.25) is 0 Å². The average Bonchev–Trinajstić information content (AvgIpc) is 3.02. The fraction of sp³-hybridized carbons (Fsp3) is 0.0526. The summed E-state index contributed by atoms with van der Waals surface area (Å²) in [5.41, 5.74) is 8.71. The third kappa shape index (κ3) is 3.73. The van der Waals surface area contributed by atoms with E-state index in [4.69, 9.17) is 0 Å². The summed E-state index contributed by atoms with van der Waals surface area (Å²) < 4.78 is 0. The molecule has 0 radical (unpaired) electrons. The van der Waals surface area contributed by atoms with Gasteiger partial charge in [0.25, 0.3) is 0 Å². The zero-order chi connectivity index (χ0) is 28.2. The molecule has 0 atom stereocenters. The van der Waals surface area contributed by atoms with E-state index in [1.165, 1.54) is 33.0 Å². The van der Waals surface area contributed by atoms with Crippen molar-refractivity contribution < 1.29 is 10.2 Å². The van der Waals surface area contributed by atoms with Crippen LogP contribution >= 0.6 is 0 Å². The van der Waals surface area contributed by atoms with Gasteiger partial charge in [-0.2, -0.15) is 0 Å². The van der Waals surface area contributed by atoms with E-state index < -0.39 is 0 Å². The van der Waals surface area contributed by atoms with Crippen LogP contribution in [0.3, 0.4) is 0 Å². The highest BCUT2D eigenvalue weighted by atomic mass is 16.3. The van der Waals surface area contributed by atoms with Crippen molar-refractivity contribution in [3.8, 4) is 44.9 Å². The summed E-state index contributed by atoms with van der Waals surface area (Å²) in [6, 6.07) is 40.7. The monoisotopic (exact) mass is 528 g/mol. The van der Waals surface area contributed by atoms with Crippen LogP contribution in [0.25, 0.3) is 65.7 Å². The fourth-order valence-corrected chi connectivity index (χ4v) is 6.50. The molecule has 0 saturated heterocycles. The first-order chi connectivity index (χ1) is 20.0. The Labute approximate surface area is 240 Å². The minimum Gasteiger partial charge on any atom is -0.507 e. The Bertz CT molecular complexity index is 2060. The first kappa shape index (κ1) is 25.0. The minimum absolute atomic E-state index is 0.131. The van der Waals surface area contributed by atoms with E-state index in [-0.39, 0.29) is 11.5 Å². The molecule has 41 heavy (non-hydrogen) atoms. The molecular formula is C38H29BO2. The Morgan fingerprint density at radius 1 is 0.415 bits per heavy atom. The predicted molar refractivity (Wildman–Crippen MR) is 176 cm³/mol. The van der Waals surface area contributed by atoms with E-state index in [0.29, 0.717) is 5.56 Å². The number of aromatic hydroxyl groups is 2. The molecule has 0 amide bonds. The molecular weight excluding hydrogens is 499 g/mol. The van der Waals surface area contributed by atoms with Crippen LogP contribution in [0.15, 0.2) is 115 Å². The van der Waals surface area contributed by atoms with E-state index in [1.807, 2.05) is 14.8 Å². The number of fused-ring (bicyclic) bond motifs is 3. The highest BCUT2D eigenvalue weighted by Gasteiger charge is 2.24. The molecule has 196 valence electrons. The largest absolute Gasteiger partial charge is 0.507 e. The molecule has 0 aromatic heterocycles. The van der Waals surface area contributed by atoms with Crippen molar-refractivity contribution in [2.75, 3.05) is 0 Å². The van der Waals surface area contributed by atoms with Crippen LogP contribution in [0, 0.1) is 13.8 Å². The number of hydrogen-bond acceptors (Lipinski definition) is 2. The molecule has 0 aliphatic carbocycles. The Morgan fingerprint density at radius 3 is 1.41 bits per heavy atom. The normalized spacial score (nSPS) is 11.5. The third-order valence-corrected chi connectivity index (χ3v) is 8.70. The summed E-state index contributed by atoms with van der Waals surface area (Å²) in [7, 11) is 1.98. The van der Waals surface area contributed by atoms with Crippen molar-refractivity contribution >= 4 is 45.6 Å². The molecule has 7 aromatic rings. The lowest BCUT2D eigenvalue weighted by atomic mass is 9.77. The van der Waals surface area contributed by atoms with Gasteiger partial charge in [0.05, 0.1) is 0 Å². The molecule has 0 bridgehead atoms. The molecule has 0 heterocycles. The molecule has 2 nitrogen and oxygen atoms in total. The van der Waals surface area contributed by atoms with Crippen molar-refractivity contribution in [2.45, 2.75) is 13.8 Å². The van der Waals surface area contributed by atoms with Crippen molar-refractivity contribution in [1.29, 1.82) is 0 Å². The maximum atomic E-state index is 11.5. The molecule has 0 spiro atoms. The van der Waals surface area contributed by atoms with Gasteiger partial charge in [-0.15, -0.1) is 0 Å². The molecule has 0 fully saturated rings. The van der Waals surface area contributed by atoms with Crippen LogP contribution in [0.5, 0.6) is 11.5 Å². The van der Waals surface area contributed by atoms with Gasteiger partial charge in [0, 0.05) is 16.7 Å². The second kappa shape index (κ2) is 9.57. The molecule has 7 rings (SSSR count). The quantitative estimate of drug-likeness (QED) is 0.179. The standard InChI is InChI=1S/C38H29BO2/c1-22-36(39)35(38(41)23(2)37(22)40)34-30-18-10-8-16-28(30)33(29-17-9-11-19-31(29)34)32-21-20-25(24-12-4-3-5-13-24)26-14-6-7-15-27(26)32/h3-21,40-41H,39H2,1-2H3. The van der Waals surface area contributed by atoms with Gasteiger partial charge >= 0.3 is 0 Å². The van der Waals surface area contributed by atoms with Gasteiger partial charge in [0.15, 0.2) is 0 Å². The van der Waals surface area contributed by atoms with Crippen molar-refractivity contribution in [3.05, 3.63) is 126 Å². The Hall–Kier alpha value is -5.02. The lowest BCUT2D eigenvalue weighted by molar-refractivity contribution is 0.443. The predicted octanol–water partition coefficient (Wildman–Crippen LogP) is 8.43. The Kier molecular flexibility index (Phi) is 5.83. The second-order valence-corrected chi connectivity index (χ2v) is 10.9. The van der Waals surface area contributed by atoms with Gasteiger partial charge in [-0.1, -0.05) is 121 Å². The molecule has 0 saturated carbocycles. The highest BCUT2D eigenvalue weighted by Crippen LogP contribution is 2.48. The Balaban J connectivity index is 1.64. The fourth-order valence-electron chi connectivity index (χ4n) is 6.50. The number of hydrogen-bond donors (Lipinski definition) is 2. The summed E-state index contributed by atoms with van der Waals surface area (Å²) in [6.07, 6.45) is 0.